The van der Waals surface area contributed by atoms with E-state index >= 15 is 0 Å². The minimum atomic E-state index is -0.295. The van der Waals surface area contributed by atoms with Crippen molar-refractivity contribution in [1.82, 2.24) is 10.2 Å². The van der Waals surface area contributed by atoms with Crippen molar-refractivity contribution in [1.29, 1.82) is 0 Å². The van der Waals surface area contributed by atoms with Crippen molar-refractivity contribution < 1.29 is 4.79 Å². The zero-order chi connectivity index (χ0) is 11.6. The molecule has 0 aromatic rings. The monoisotopic (exact) mass is 224 g/mol. The highest BCUT2D eigenvalue weighted by Gasteiger charge is 2.37. The second-order valence-corrected chi connectivity index (χ2v) is 5.70. The van der Waals surface area contributed by atoms with Crippen molar-refractivity contribution in [2.75, 3.05) is 20.1 Å². The van der Waals surface area contributed by atoms with Gasteiger partial charge >= 0.3 is 0 Å². The van der Waals surface area contributed by atoms with Crippen LogP contribution in [0.1, 0.15) is 45.4 Å². The molecule has 2 aliphatic rings. The zero-order valence-corrected chi connectivity index (χ0v) is 10.6. The fourth-order valence-electron chi connectivity index (χ4n) is 2.81. The second-order valence-electron chi connectivity index (χ2n) is 5.70. The predicted molar refractivity (Wildman–Crippen MR) is 65.2 cm³/mol. The highest BCUT2D eigenvalue weighted by molar-refractivity contribution is 5.85. The summed E-state index contributed by atoms with van der Waals surface area (Å²) in [7, 11) is 1.96. The van der Waals surface area contributed by atoms with Crippen LogP contribution in [0.3, 0.4) is 0 Å². The van der Waals surface area contributed by atoms with Gasteiger partial charge in [-0.1, -0.05) is 6.42 Å². The van der Waals surface area contributed by atoms with E-state index in [1.54, 1.807) is 0 Å². The first-order valence-corrected chi connectivity index (χ1v) is 6.62. The Labute approximate surface area is 98.6 Å². The van der Waals surface area contributed by atoms with Crippen LogP contribution < -0.4 is 5.32 Å². The summed E-state index contributed by atoms with van der Waals surface area (Å²) in [6.45, 7) is 4.00. The van der Waals surface area contributed by atoms with Crippen molar-refractivity contribution in [2.45, 2.75) is 51.0 Å². The van der Waals surface area contributed by atoms with Crippen LogP contribution in [0.15, 0.2) is 0 Å². The summed E-state index contributed by atoms with van der Waals surface area (Å²) in [4.78, 5) is 14.3. The Morgan fingerprint density at radius 2 is 2.12 bits per heavy atom. The van der Waals surface area contributed by atoms with Gasteiger partial charge in [0.1, 0.15) is 0 Å². The van der Waals surface area contributed by atoms with E-state index < -0.39 is 0 Å². The average molecular weight is 224 g/mol. The molecular weight excluding hydrogens is 200 g/mol. The van der Waals surface area contributed by atoms with Crippen LogP contribution in [0.4, 0.5) is 0 Å². The molecule has 16 heavy (non-hydrogen) atoms. The Morgan fingerprint density at radius 1 is 1.38 bits per heavy atom. The van der Waals surface area contributed by atoms with Crippen molar-refractivity contribution in [3.8, 4) is 0 Å². The molecule has 0 aromatic heterocycles. The quantitative estimate of drug-likeness (QED) is 0.792. The van der Waals surface area contributed by atoms with Gasteiger partial charge in [0.2, 0.25) is 5.91 Å². The Kier molecular flexibility index (Phi) is 3.53. The SMILES string of the molecule is CN(CC1CCC1)C(=O)C1(C)CCCCN1. The summed E-state index contributed by atoms with van der Waals surface area (Å²) in [6.07, 6.45) is 7.33. The number of amides is 1. The van der Waals surface area contributed by atoms with Crippen LogP contribution in [0, 0.1) is 5.92 Å². The number of likely N-dealkylation sites (N-methyl/N-ethyl adjacent to an activating group) is 1. The molecule has 92 valence electrons. The summed E-state index contributed by atoms with van der Waals surface area (Å²) in [6, 6.07) is 0. The highest BCUT2D eigenvalue weighted by atomic mass is 16.2. The molecule has 1 unspecified atom stereocenters. The third kappa shape index (κ3) is 2.40. The van der Waals surface area contributed by atoms with Gasteiger partial charge in [-0.15, -0.1) is 0 Å². The molecule has 2 fully saturated rings. The number of carbonyl (C=O) groups is 1. The molecule has 3 heteroatoms. The predicted octanol–water partition coefficient (Wildman–Crippen LogP) is 1.78. The van der Waals surface area contributed by atoms with Crippen LogP contribution in [0.2, 0.25) is 0 Å². The second kappa shape index (κ2) is 4.74. The largest absolute Gasteiger partial charge is 0.344 e. The van der Waals surface area contributed by atoms with Gasteiger partial charge in [0, 0.05) is 13.6 Å². The summed E-state index contributed by atoms with van der Waals surface area (Å²) < 4.78 is 0. The molecule has 0 bridgehead atoms. The van der Waals surface area contributed by atoms with Crippen molar-refractivity contribution in [3.05, 3.63) is 0 Å². The van der Waals surface area contributed by atoms with E-state index in [0.29, 0.717) is 5.91 Å². The fraction of sp³-hybridized carbons (Fsp3) is 0.923. The van der Waals surface area contributed by atoms with Crippen molar-refractivity contribution >= 4 is 5.91 Å². The molecule has 1 aliphatic carbocycles. The third-order valence-corrected chi connectivity index (χ3v) is 4.19. The molecule has 1 N–H and O–H groups in total. The van der Waals surface area contributed by atoms with Crippen LogP contribution in [-0.2, 0) is 4.79 Å². The summed E-state index contributed by atoms with van der Waals surface area (Å²) in [5.74, 6) is 1.06. The van der Waals surface area contributed by atoms with E-state index in [9.17, 15) is 4.79 Å². The summed E-state index contributed by atoms with van der Waals surface area (Å²) in [5.41, 5.74) is -0.295. The molecule has 1 aliphatic heterocycles. The van der Waals surface area contributed by atoms with Gasteiger partial charge in [-0.05, 0) is 51.5 Å². The maximum Gasteiger partial charge on any atom is 0.242 e. The molecule has 1 atom stereocenters. The van der Waals surface area contributed by atoms with Gasteiger partial charge in [-0.3, -0.25) is 4.79 Å². The molecule has 1 heterocycles. The average Bonchev–Trinajstić information content (AvgIpc) is 2.23. The molecule has 1 saturated heterocycles. The lowest BCUT2D eigenvalue weighted by atomic mass is 9.84. The minimum absolute atomic E-state index is 0.291. The summed E-state index contributed by atoms with van der Waals surface area (Å²) in [5, 5.41) is 3.39. The van der Waals surface area contributed by atoms with Gasteiger partial charge < -0.3 is 10.2 Å². The van der Waals surface area contributed by atoms with Crippen molar-refractivity contribution in [3.63, 3.8) is 0 Å². The number of hydrogen-bond donors (Lipinski definition) is 1. The van der Waals surface area contributed by atoms with E-state index in [-0.39, 0.29) is 5.54 Å². The minimum Gasteiger partial charge on any atom is -0.344 e. The third-order valence-electron chi connectivity index (χ3n) is 4.19. The smallest absolute Gasteiger partial charge is 0.242 e. The maximum absolute atomic E-state index is 12.4. The Hall–Kier alpha value is -0.570. The normalized spacial score (nSPS) is 30.9. The van der Waals surface area contributed by atoms with Crippen LogP contribution in [0.5, 0.6) is 0 Å². The lowest BCUT2D eigenvalue weighted by molar-refractivity contribution is -0.138. The van der Waals surface area contributed by atoms with Gasteiger partial charge in [-0.2, -0.15) is 0 Å². The van der Waals surface area contributed by atoms with Crippen LogP contribution >= 0.6 is 0 Å². The van der Waals surface area contributed by atoms with Crippen molar-refractivity contribution in [2.24, 2.45) is 5.92 Å². The standard InChI is InChI=1S/C13H24N2O/c1-13(8-3-4-9-14-13)12(16)15(2)10-11-6-5-7-11/h11,14H,3-10H2,1-2H3. The first-order chi connectivity index (χ1) is 7.62. The number of piperidine rings is 1. The van der Waals surface area contributed by atoms with E-state index in [1.807, 2.05) is 11.9 Å². The van der Waals surface area contributed by atoms with Crippen LogP contribution in [0.25, 0.3) is 0 Å². The van der Waals surface area contributed by atoms with Gasteiger partial charge in [0.15, 0.2) is 0 Å². The maximum atomic E-state index is 12.4. The van der Waals surface area contributed by atoms with E-state index in [1.165, 1.54) is 32.1 Å². The molecule has 0 spiro atoms. The van der Waals surface area contributed by atoms with E-state index in [2.05, 4.69) is 12.2 Å². The van der Waals surface area contributed by atoms with E-state index in [4.69, 9.17) is 0 Å². The molecule has 2 rings (SSSR count). The number of nitrogens with zero attached hydrogens (tertiary/aromatic N) is 1. The van der Waals surface area contributed by atoms with E-state index in [0.717, 1.165) is 25.4 Å². The van der Waals surface area contributed by atoms with Gasteiger partial charge in [-0.25, -0.2) is 0 Å². The molecular formula is C13H24N2O. The fourth-order valence-corrected chi connectivity index (χ4v) is 2.81. The highest BCUT2D eigenvalue weighted by Crippen LogP contribution is 2.28. The first-order valence-electron chi connectivity index (χ1n) is 6.62. The van der Waals surface area contributed by atoms with Gasteiger partial charge in [0.05, 0.1) is 5.54 Å². The number of rotatable bonds is 3. The zero-order valence-electron chi connectivity index (χ0n) is 10.6. The number of hydrogen-bond acceptors (Lipinski definition) is 2. The molecule has 0 radical (unpaired) electrons. The molecule has 1 amide bonds. The summed E-state index contributed by atoms with van der Waals surface area (Å²) >= 11 is 0. The lowest BCUT2D eigenvalue weighted by Gasteiger charge is -2.39. The Balaban J connectivity index is 1.88. The Morgan fingerprint density at radius 3 is 2.62 bits per heavy atom. The van der Waals surface area contributed by atoms with Gasteiger partial charge in [0.25, 0.3) is 0 Å². The Bertz CT molecular complexity index is 255. The molecule has 1 saturated carbocycles. The van der Waals surface area contributed by atoms with Crippen LogP contribution in [-0.4, -0.2) is 36.5 Å². The number of carbonyl (C=O) groups excluding carboxylic acids is 1. The topological polar surface area (TPSA) is 32.3 Å². The molecule has 3 nitrogen and oxygen atoms in total. The molecule has 0 aromatic carbocycles. The number of nitrogens with one attached hydrogen (secondary N) is 1. The first kappa shape index (κ1) is 11.9. The lowest BCUT2D eigenvalue weighted by Crippen LogP contribution is -2.57.